The van der Waals surface area contributed by atoms with Crippen molar-refractivity contribution in [2.45, 2.75) is 16.7 Å². The normalized spacial score (nSPS) is 10.2. The van der Waals surface area contributed by atoms with Gasteiger partial charge in [-0.15, -0.1) is 23.5 Å². The van der Waals surface area contributed by atoms with Crippen molar-refractivity contribution in [3.63, 3.8) is 0 Å². The maximum atomic E-state index is 10.5. The van der Waals surface area contributed by atoms with Gasteiger partial charge in [0, 0.05) is 15.5 Å². The van der Waals surface area contributed by atoms with Gasteiger partial charge < -0.3 is 15.0 Å². The van der Waals surface area contributed by atoms with Gasteiger partial charge in [-0.05, 0) is 24.6 Å². The fourth-order valence-corrected chi connectivity index (χ4v) is 2.80. The fraction of sp³-hybridized carbons (Fsp3) is 0.273. The predicted molar refractivity (Wildman–Crippen MR) is 66.4 cm³/mol. The van der Waals surface area contributed by atoms with Crippen molar-refractivity contribution >= 4 is 35.5 Å². The molecule has 1 aromatic rings. The first-order valence-corrected chi connectivity index (χ1v) is 6.74. The summed E-state index contributed by atoms with van der Waals surface area (Å²) in [7, 11) is 0. The number of aliphatic carboxylic acids is 2. The molecular weight excluding hydrogens is 260 g/mol. The van der Waals surface area contributed by atoms with Crippen molar-refractivity contribution in [2.75, 3.05) is 11.5 Å². The highest BCUT2D eigenvalue weighted by Crippen LogP contribution is 2.30. The summed E-state index contributed by atoms with van der Waals surface area (Å²) in [5.41, 5.74) is 0.907. The van der Waals surface area contributed by atoms with E-state index in [1.54, 1.807) is 6.07 Å². The van der Waals surface area contributed by atoms with Crippen LogP contribution >= 0.6 is 23.5 Å². The third-order valence-corrected chi connectivity index (χ3v) is 4.21. The second-order valence-electron chi connectivity index (χ2n) is 3.22. The molecule has 0 amide bonds. The van der Waals surface area contributed by atoms with Crippen LogP contribution in [0.4, 0.5) is 0 Å². The number of hydrogen-bond donors (Lipinski definition) is 1. The highest BCUT2D eigenvalue weighted by atomic mass is 32.2. The summed E-state index contributed by atoms with van der Waals surface area (Å²) >= 11 is 2.41. The van der Waals surface area contributed by atoms with Crippen LogP contribution in [-0.2, 0) is 9.59 Å². The minimum atomic E-state index is -1.11. The van der Waals surface area contributed by atoms with Crippen LogP contribution in [0, 0.1) is 6.92 Å². The molecule has 0 heterocycles. The molecule has 0 unspecified atom stereocenters. The molecule has 0 aliphatic carbocycles. The highest BCUT2D eigenvalue weighted by Gasteiger charge is 2.07. The summed E-state index contributed by atoms with van der Waals surface area (Å²) in [5.74, 6) is -2.09. The third kappa shape index (κ3) is 4.70. The maximum Gasteiger partial charge on any atom is 1.00 e. The summed E-state index contributed by atoms with van der Waals surface area (Å²) in [4.78, 5) is 22.5. The van der Waals surface area contributed by atoms with Crippen LogP contribution < -0.4 is 5.11 Å². The Balaban J connectivity index is 0.00000289. The van der Waals surface area contributed by atoms with E-state index < -0.39 is 11.9 Å². The van der Waals surface area contributed by atoms with Gasteiger partial charge in [-0.3, -0.25) is 4.79 Å². The van der Waals surface area contributed by atoms with Crippen LogP contribution in [0.25, 0.3) is 0 Å². The molecule has 0 saturated carbocycles. The Morgan fingerprint density at radius 2 is 1.82 bits per heavy atom. The van der Waals surface area contributed by atoms with Crippen molar-refractivity contribution in [2.24, 2.45) is 0 Å². The van der Waals surface area contributed by atoms with Crippen molar-refractivity contribution in [3.8, 4) is 0 Å². The second-order valence-corrected chi connectivity index (χ2v) is 5.26. The van der Waals surface area contributed by atoms with Crippen LogP contribution in [0.1, 0.15) is 6.99 Å². The van der Waals surface area contributed by atoms with Crippen LogP contribution in [0.2, 0.25) is 0 Å². The van der Waals surface area contributed by atoms with Gasteiger partial charge in [-0.2, -0.15) is 0 Å². The first-order valence-electron chi connectivity index (χ1n) is 4.77. The lowest BCUT2D eigenvalue weighted by molar-refractivity contribution is -0.301. The smallest absolute Gasteiger partial charge is 0.549 e. The number of thioether (sulfide) groups is 2. The number of carbonyl (C=O) groups is 2. The Bertz CT molecular complexity index is 401. The zero-order valence-corrected chi connectivity index (χ0v) is 10.8. The van der Waals surface area contributed by atoms with Crippen molar-refractivity contribution in [1.82, 2.24) is 0 Å². The zero-order valence-electron chi connectivity index (χ0n) is 10.1. The number of rotatable bonds is 6. The lowest BCUT2D eigenvalue weighted by atomic mass is 10.2. The van der Waals surface area contributed by atoms with Gasteiger partial charge in [0.05, 0.1) is 11.7 Å². The molecule has 6 heteroatoms. The molecule has 0 atom stereocenters. The molecule has 0 radical (unpaired) electrons. The Morgan fingerprint density at radius 3 is 2.29 bits per heavy atom. The van der Waals surface area contributed by atoms with E-state index in [1.165, 1.54) is 23.5 Å². The Labute approximate surface area is 109 Å². The molecule has 0 aromatic heterocycles. The molecule has 0 aliphatic heterocycles. The van der Waals surface area contributed by atoms with E-state index in [1.807, 2.05) is 19.1 Å². The van der Waals surface area contributed by atoms with Gasteiger partial charge in [0.15, 0.2) is 0 Å². The van der Waals surface area contributed by atoms with Gasteiger partial charge >= 0.3 is 7.40 Å². The molecule has 4 nitrogen and oxygen atoms in total. The van der Waals surface area contributed by atoms with E-state index in [4.69, 9.17) is 5.11 Å². The molecule has 1 rings (SSSR count). The van der Waals surface area contributed by atoms with E-state index in [-0.39, 0.29) is 12.9 Å². The Morgan fingerprint density at radius 1 is 1.29 bits per heavy atom. The maximum absolute atomic E-state index is 10.5. The summed E-state index contributed by atoms with van der Waals surface area (Å²) in [6, 6.07) is 5.43. The Hall–Kier alpha value is -1.14. The number of benzene rings is 1. The lowest BCUT2D eigenvalue weighted by Crippen LogP contribution is -2.24. The molecule has 0 spiro atoms. The first kappa shape index (κ1) is 13.9. The number of carboxylic acid groups (broad SMARTS) is 2. The molecule has 1 N–H and O–H groups in total. The van der Waals surface area contributed by atoms with Crippen molar-refractivity contribution < 1.29 is 21.2 Å². The quantitative estimate of drug-likeness (QED) is 0.782. The topological polar surface area (TPSA) is 77.4 Å². The molecule has 17 heavy (non-hydrogen) atoms. The van der Waals surface area contributed by atoms with E-state index in [0.717, 1.165) is 15.4 Å². The average molecular weight is 272 g/mol. The second kappa shape index (κ2) is 6.56. The third-order valence-electron chi connectivity index (χ3n) is 1.93. The summed E-state index contributed by atoms with van der Waals surface area (Å²) in [5, 5.41) is 19.0. The summed E-state index contributed by atoms with van der Waals surface area (Å²) in [6.07, 6.45) is 0. The first-order chi connectivity index (χ1) is 8.00. The summed E-state index contributed by atoms with van der Waals surface area (Å²) < 4.78 is 0. The predicted octanol–water partition coefficient (Wildman–Crippen LogP) is 1.13. The SMILES string of the molecule is Cc1c(SCC(=O)[O-])cccc1SCC(=O)O.[H+]. The highest BCUT2D eigenvalue weighted by molar-refractivity contribution is 8.00. The molecular formula is C11H12O4S2. The number of carboxylic acids is 2. The molecule has 0 bridgehead atoms. The largest absolute Gasteiger partial charge is 1.00 e. The van der Waals surface area contributed by atoms with E-state index >= 15 is 0 Å². The van der Waals surface area contributed by atoms with Gasteiger partial charge in [0.1, 0.15) is 0 Å². The van der Waals surface area contributed by atoms with E-state index in [9.17, 15) is 14.7 Å². The molecule has 0 aliphatic rings. The zero-order chi connectivity index (χ0) is 12.8. The fourth-order valence-electron chi connectivity index (χ4n) is 1.18. The van der Waals surface area contributed by atoms with Gasteiger partial charge in [-0.1, -0.05) is 6.07 Å². The minimum Gasteiger partial charge on any atom is -0.549 e. The van der Waals surface area contributed by atoms with Crippen LogP contribution in [0.15, 0.2) is 28.0 Å². The van der Waals surface area contributed by atoms with Crippen LogP contribution in [-0.4, -0.2) is 28.6 Å². The molecule has 92 valence electrons. The van der Waals surface area contributed by atoms with Crippen molar-refractivity contribution in [1.29, 1.82) is 0 Å². The average Bonchev–Trinajstić information content (AvgIpc) is 2.25. The standard InChI is InChI=1S/C11H12O4S2/c1-7-8(16-5-10(12)13)3-2-4-9(7)17-6-11(14)15/h2-4H,5-6H2,1H3,(H,12,13)(H,14,15). The monoisotopic (exact) mass is 272 g/mol. The molecule has 1 aromatic carbocycles. The van der Waals surface area contributed by atoms with Gasteiger partial charge in [0.2, 0.25) is 0 Å². The van der Waals surface area contributed by atoms with E-state index in [0.29, 0.717) is 0 Å². The number of hydrogen-bond acceptors (Lipinski definition) is 5. The minimum absolute atomic E-state index is 0. The van der Waals surface area contributed by atoms with Crippen LogP contribution in [0.5, 0.6) is 0 Å². The van der Waals surface area contributed by atoms with Crippen molar-refractivity contribution in [3.05, 3.63) is 23.8 Å². The molecule has 0 fully saturated rings. The van der Waals surface area contributed by atoms with E-state index in [2.05, 4.69) is 0 Å². The number of carbonyl (C=O) groups excluding carboxylic acids is 1. The van der Waals surface area contributed by atoms with Gasteiger partial charge in [-0.25, -0.2) is 0 Å². The van der Waals surface area contributed by atoms with Crippen LogP contribution in [0.3, 0.4) is 0 Å². The van der Waals surface area contributed by atoms with Gasteiger partial charge in [0.25, 0.3) is 0 Å². The molecule has 0 saturated heterocycles. The summed E-state index contributed by atoms with van der Waals surface area (Å²) in [6.45, 7) is 1.85. The Kier molecular flexibility index (Phi) is 5.37. The lowest BCUT2D eigenvalue weighted by Gasteiger charge is -2.10.